The highest BCUT2D eigenvalue weighted by atomic mass is 79.9. The zero-order chi connectivity index (χ0) is 13.9. The molecule has 0 aliphatic heterocycles. The van der Waals surface area contributed by atoms with E-state index in [1.54, 1.807) is 6.07 Å². The Morgan fingerprint density at radius 1 is 1.50 bits per heavy atom. The van der Waals surface area contributed by atoms with E-state index in [1.165, 1.54) is 19.2 Å². The summed E-state index contributed by atoms with van der Waals surface area (Å²) in [5.74, 6) is -1.05. The zero-order valence-electron chi connectivity index (χ0n) is 9.43. The summed E-state index contributed by atoms with van der Waals surface area (Å²) in [6.07, 6.45) is -0.256. The molecule has 0 aromatic heterocycles. The minimum atomic E-state index is -3.75. The number of carboxylic acid groups (broad SMARTS) is 1. The van der Waals surface area contributed by atoms with Crippen molar-refractivity contribution in [1.82, 2.24) is 4.31 Å². The SMILES string of the molecule is CN(CCC(=O)O)S(=O)(=O)c1cc(Cl)ccc1Br. The topological polar surface area (TPSA) is 74.7 Å². The Hall–Kier alpha value is -0.630. The quantitative estimate of drug-likeness (QED) is 0.877. The van der Waals surface area contributed by atoms with Gasteiger partial charge in [-0.3, -0.25) is 4.79 Å². The number of nitrogens with zero attached hydrogens (tertiary/aromatic N) is 1. The summed E-state index contributed by atoms with van der Waals surface area (Å²) >= 11 is 8.89. The Bertz CT molecular complexity index is 561. The van der Waals surface area contributed by atoms with Crippen molar-refractivity contribution in [2.24, 2.45) is 0 Å². The number of rotatable bonds is 5. The number of benzene rings is 1. The minimum absolute atomic E-state index is 0.0166. The number of carbonyl (C=O) groups is 1. The normalized spacial score (nSPS) is 11.8. The van der Waals surface area contributed by atoms with E-state index in [-0.39, 0.29) is 17.9 Å². The summed E-state index contributed by atoms with van der Waals surface area (Å²) < 4.78 is 25.7. The average molecular weight is 357 g/mol. The third-order valence-corrected chi connectivity index (χ3v) is 5.31. The molecule has 0 amide bonds. The Morgan fingerprint density at radius 2 is 2.11 bits per heavy atom. The van der Waals surface area contributed by atoms with Crippen LogP contribution in [0.1, 0.15) is 6.42 Å². The second-order valence-corrected chi connectivity index (χ2v) is 6.85. The molecule has 0 saturated heterocycles. The van der Waals surface area contributed by atoms with Gasteiger partial charge in [-0.25, -0.2) is 12.7 Å². The molecule has 1 N–H and O–H groups in total. The van der Waals surface area contributed by atoms with Gasteiger partial charge in [0.2, 0.25) is 10.0 Å². The van der Waals surface area contributed by atoms with Crippen LogP contribution in [0.5, 0.6) is 0 Å². The minimum Gasteiger partial charge on any atom is -0.481 e. The van der Waals surface area contributed by atoms with Crippen molar-refractivity contribution in [3.63, 3.8) is 0 Å². The molecule has 0 unspecified atom stereocenters. The van der Waals surface area contributed by atoms with Crippen LogP contribution in [0.2, 0.25) is 5.02 Å². The van der Waals surface area contributed by atoms with Crippen LogP contribution < -0.4 is 0 Å². The third kappa shape index (κ3) is 3.68. The molecule has 1 aromatic rings. The number of hydrogen-bond acceptors (Lipinski definition) is 3. The standard InChI is InChI=1S/C10H11BrClNO4S/c1-13(5-4-10(14)15)18(16,17)9-6-7(12)2-3-8(9)11/h2-3,6H,4-5H2,1H3,(H,14,15). The average Bonchev–Trinajstić information content (AvgIpc) is 2.28. The molecule has 18 heavy (non-hydrogen) atoms. The lowest BCUT2D eigenvalue weighted by atomic mass is 10.4. The molecule has 0 aliphatic rings. The van der Waals surface area contributed by atoms with Crippen molar-refractivity contribution < 1.29 is 18.3 Å². The van der Waals surface area contributed by atoms with Gasteiger partial charge in [0.05, 0.1) is 11.3 Å². The van der Waals surface area contributed by atoms with Crippen LogP contribution in [0.25, 0.3) is 0 Å². The molecule has 5 nitrogen and oxygen atoms in total. The van der Waals surface area contributed by atoms with Gasteiger partial charge in [-0.1, -0.05) is 11.6 Å². The van der Waals surface area contributed by atoms with Gasteiger partial charge in [-0.2, -0.15) is 0 Å². The molecule has 0 aliphatic carbocycles. The van der Waals surface area contributed by atoms with Crippen LogP contribution >= 0.6 is 27.5 Å². The van der Waals surface area contributed by atoms with Crippen LogP contribution in [0.3, 0.4) is 0 Å². The smallest absolute Gasteiger partial charge is 0.304 e. The largest absolute Gasteiger partial charge is 0.481 e. The first kappa shape index (κ1) is 15.4. The van der Waals surface area contributed by atoms with Crippen molar-refractivity contribution in [3.05, 3.63) is 27.7 Å². The van der Waals surface area contributed by atoms with Crippen LogP contribution in [0.4, 0.5) is 0 Å². The maximum Gasteiger partial charge on any atom is 0.304 e. The molecular formula is C10H11BrClNO4S. The van der Waals surface area contributed by atoms with Crippen LogP contribution in [0, 0.1) is 0 Å². The van der Waals surface area contributed by atoms with Gasteiger partial charge >= 0.3 is 5.97 Å². The van der Waals surface area contributed by atoms with E-state index >= 15 is 0 Å². The van der Waals surface area contributed by atoms with E-state index in [0.29, 0.717) is 9.50 Å². The highest BCUT2D eigenvalue weighted by molar-refractivity contribution is 9.10. The fourth-order valence-electron chi connectivity index (χ4n) is 1.22. The summed E-state index contributed by atoms with van der Waals surface area (Å²) in [6.45, 7) is -0.101. The van der Waals surface area contributed by atoms with E-state index in [0.717, 1.165) is 4.31 Å². The Morgan fingerprint density at radius 3 is 2.67 bits per heavy atom. The Kier molecular flexibility index (Phi) is 5.15. The van der Waals surface area contributed by atoms with Crippen molar-refractivity contribution in [1.29, 1.82) is 0 Å². The summed E-state index contributed by atoms with van der Waals surface area (Å²) in [4.78, 5) is 10.5. The second-order valence-electron chi connectivity index (χ2n) is 3.55. The Balaban J connectivity index is 3.05. The lowest BCUT2D eigenvalue weighted by molar-refractivity contribution is -0.137. The Labute approximate surface area is 119 Å². The molecule has 0 spiro atoms. The van der Waals surface area contributed by atoms with Crippen LogP contribution in [0.15, 0.2) is 27.6 Å². The molecule has 8 heteroatoms. The molecular weight excluding hydrogens is 346 g/mol. The molecule has 0 fully saturated rings. The predicted molar refractivity (Wildman–Crippen MR) is 71.2 cm³/mol. The third-order valence-electron chi connectivity index (χ3n) is 2.22. The monoisotopic (exact) mass is 355 g/mol. The summed E-state index contributed by atoms with van der Waals surface area (Å²) in [5, 5.41) is 8.84. The predicted octanol–water partition coefficient (Wildman–Crippen LogP) is 2.20. The number of sulfonamides is 1. The van der Waals surface area contributed by atoms with E-state index in [2.05, 4.69) is 15.9 Å². The second kappa shape index (κ2) is 6.01. The maximum absolute atomic E-state index is 12.2. The van der Waals surface area contributed by atoms with E-state index in [9.17, 15) is 13.2 Å². The summed E-state index contributed by atoms with van der Waals surface area (Å²) in [7, 11) is -2.42. The highest BCUT2D eigenvalue weighted by Crippen LogP contribution is 2.27. The molecule has 0 bridgehead atoms. The molecule has 0 saturated carbocycles. The lowest BCUT2D eigenvalue weighted by Crippen LogP contribution is -2.29. The first-order valence-corrected chi connectivity index (χ1v) is 7.49. The van der Waals surface area contributed by atoms with Crippen molar-refractivity contribution in [3.8, 4) is 0 Å². The van der Waals surface area contributed by atoms with Gasteiger partial charge in [0.1, 0.15) is 0 Å². The molecule has 0 radical (unpaired) electrons. The molecule has 1 aromatic carbocycles. The molecule has 100 valence electrons. The first-order chi connectivity index (χ1) is 8.25. The van der Waals surface area contributed by atoms with E-state index in [4.69, 9.17) is 16.7 Å². The van der Waals surface area contributed by atoms with E-state index < -0.39 is 16.0 Å². The first-order valence-electron chi connectivity index (χ1n) is 4.88. The van der Waals surface area contributed by atoms with Crippen molar-refractivity contribution in [2.75, 3.05) is 13.6 Å². The van der Waals surface area contributed by atoms with Crippen LogP contribution in [-0.4, -0.2) is 37.4 Å². The van der Waals surface area contributed by atoms with Gasteiger partial charge in [-0.05, 0) is 34.1 Å². The van der Waals surface area contributed by atoms with Gasteiger partial charge in [-0.15, -0.1) is 0 Å². The summed E-state index contributed by atoms with van der Waals surface area (Å²) in [6, 6.07) is 4.40. The fraction of sp³-hybridized carbons (Fsp3) is 0.300. The molecule has 1 rings (SSSR count). The van der Waals surface area contributed by atoms with Crippen LogP contribution in [-0.2, 0) is 14.8 Å². The maximum atomic E-state index is 12.2. The van der Waals surface area contributed by atoms with Crippen molar-refractivity contribution >= 4 is 43.5 Å². The summed E-state index contributed by atoms with van der Waals surface area (Å²) in [5.41, 5.74) is 0. The lowest BCUT2D eigenvalue weighted by Gasteiger charge is -2.17. The van der Waals surface area contributed by atoms with Gasteiger partial charge in [0, 0.05) is 23.1 Å². The van der Waals surface area contributed by atoms with Gasteiger partial charge < -0.3 is 5.11 Å². The number of aliphatic carboxylic acids is 1. The van der Waals surface area contributed by atoms with Gasteiger partial charge in [0.25, 0.3) is 0 Å². The van der Waals surface area contributed by atoms with E-state index in [1.807, 2.05) is 0 Å². The molecule has 0 heterocycles. The van der Waals surface area contributed by atoms with Crippen molar-refractivity contribution in [2.45, 2.75) is 11.3 Å². The number of halogens is 2. The highest BCUT2D eigenvalue weighted by Gasteiger charge is 2.24. The number of carboxylic acids is 1. The fourth-order valence-corrected chi connectivity index (χ4v) is 3.57. The van der Waals surface area contributed by atoms with Gasteiger partial charge in [0.15, 0.2) is 0 Å². The number of hydrogen-bond donors (Lipinski definition) is 1. The zero-order valence-corrected chi connectivity index (χ0v) is 12.6. The molecule has 0 atom stereocenters.